The van der Waals surface area contributed by atoms with Gasteiger partial charge in [-0.2, -0.15) is 15.3 Å². The molecule has 9 heteroatoms. The number of fused-ring (bicyclic) bond motifs is 2. The fourth-order valence-electron chi connectivity index (χ4n) is 5.74. The Labute approximate surface area is 212 Å². The molecule has 0 unspecified atom stereocenters. The summed E-state index contributed by atoms with van der Waals surface area (Å²) in [6, 6.07) is 15.6. The fourth-order valence-corrected chi connectivity index (χ4v) is 6.03. The number of nitrogens with one attached hydrogen (secondary N) is 2. The molecule has 8 nitrogen and oxygen atoms in total. The van der Waals surface area contributed by atoms with Crippen molar-refractivity contribution in [1.82, 2.24) is 20.2 Å². The van der Waals surface area contributed by atoms with Crippen molar-refractivity contribution in [1.29, 1.82) is 5.26 Å². The van der Waals surface area contributed by atoms with Crippen LogP contribution in [0.15, 0.2) is 53.8 Å². The molecule has 1 saturated heterocycles. The molecular weight excluding hydrogens is 474 g/mol. The molecule has 3 heterocycles. The molecule has 2 aromatic heterocycles. The number of benzene rings is 2. The Morgan fingerprint density at radius 3 is 2.75 bits per heavy atom. The summed E-state index contributed by atoms with van der Waals surface area (Å²) < 4.78 is 0. The predicted octanol–water partition coefficient (Wildman–Crippen LogP) is 4.08. The van der Waals surface area contributed by atoms with Crippen LogP contribution >= 0.6 is 11.6 Å². The van der Waals surface area contributed by atoms with E-state index in [1.165, 1.54) is 11.1 Å². The molecule has 1 spiro atoms. The lowest BCUT2D eigenvalue weighted by atomic mass is 9.73. The van der Waals surface area contributed by atoms with Gasteiger partial charge < -0.3 is 10.6 Å². The zero-order chi connectivity index (χ0) is 25.0. The Hall–Kier alpha value is -3.93. The van der Waals surface area contributed by atoms with E-state index in [1.807, 2.05) is 0 Å². The van der Waals surface area contributed by atoms with E-state index in [2.05, 4.69) is 62.0 Å². The van der Waals surface area contributed by atoms with Gasteiger partial charge in [0.2, 0.25) is 5.95 Å². The summed E-state index contributed by atoms with van der Waals surface area (Å²) in [5, 5.41) is 17.1. The number of nitrogens with two attached hydrogens (primary N) is 1. The maximum atomic E-state index is 13.2. The van der Waals surface area contributed by atoms with Crippen LogP contribution in [0.25, 0.3) is 16.6 Å². The second-order valence-corrected chi connectivity index (χ2v) is 10.0. The first-order chi connectivity index (χ1) is 17.4. The summed E-state index contributed by atoms with van der Waals surface area (Å²) in [5.41, 5.74) is 11.1. The van der Waals surface area contributed by atoms with Gasteiger partial charge in [-0.15, -0.1) is 0 Å². The molecule has 4 aromatic rings. The van der Waals surface area contributed by atoms with Crippen molar-refractivity contribution in [2.24, 2.45) is 11.1 Å². The summed E-state index contributed by atoms with van der Waals surface area (Å²) in [5.74, 6) is 0.511. The van der Waals surface area contributed by atoms with Crippen molar-refractivity contribution < 1.29 is 0 Å². The van der Waals surface area contributed by atoms with E-state index in [0.29, 0.717) is 39.4 Å². The second kappa shape index (κ2) is 8.33. The highest BCUT2D eigenvalue weighted by Crippen LogP contribution is 2.50. The molecule has 2 aromatic carbocycles. The number of nitrogens with zero attached hydrogens (tertiary/aromatic N) is 4. The largest absolute Gasteiger partial charge is 0.342 e. The Bertz CT molecular complexity index is 1620. The van der Waals surface area contributed by atoms with Gasteiger partial charge in [0.05, 0.1) is 10.6 Å². The zero-order valence-corrected chi connectivity index (χ0v) is 20.3. The summed E-state index contributed by atoms with van der Waals surface area (Å²) in [4.78, 5) is 22.9. The number of anilines is 1. The molecule has 180 valence electrons. The number of rotatable bonds is 3. The number of piperidine rings is 1. The zero-order valence-electron chi connectivity index (χ0n) is 19.5. The molecule has 1 aliphatic heterocycles. The van der Waals surface area contributed by atoms with E-state index in [-0.39, 0.29) is 22.0 Å². The first-order valence-electron chi connectivity index (χ1n) is 11.9. The van der Waals surface area contributed by atoms with Crippen molar-refractivity contribution in [3.8, 4) is 6.07 Å². The van der Waals surface area contributed by atoms with E-state index in [4.69, 9.17) is 17.3 Å². The topological polar surface area (TPSA) is 127 Å². The van der Waals surface area contributed by atoms with Crippen molar-refractivity contribution in [3.05, 3.63) is 92.4 Å². The molecule has 0 amide bonds. The second-order valence-electron chi connectivity index (χ2n) is 9.65. The third kappa shape index (κ3) is 3.35. The third-order valence-corrected chi connectivity index (χ3v) is 8.21. The maximum absolute atomic E-state index is 13.2. The van der Waals surface area contributed by atoms with Gasteiger partial charge in [0.25, 0.3) is 5.56 Å². The lowest BCUT2D eigenvalue weighted by Gasteiger charge is -2.42. The Morgan fingerprint density at radius 1 is 1.22 bits per heavy atom. The Balaban J connectivity index is 1.27. The van der Waals surface area contributed by atoms with Gasteiger partial charge in [0, 0.05) is 30.3 Å². The molecule has 1 fully saturated rings. The fraction of sp³-hybridized carbons (Fsp3) is 0.259. The number of aromatic amines is 2. The first kappa shape index (κ1) is 22.5. The van der Waals surface area contributed by atoms with Gasteiger partial charge >= 0.3 is 0 Å². The van der Waals surface area contributed by atoms with Crippen LogP contribution in [0.1, 0.15) is 46.8 Å². The minimum Gasteiger partial charge on any atom is -0.342 e. The first-order valence-corrected chi connectivity index (χ1v) is 12.2. The number of hydrogen-bond donors (Lipinski definition) is 3. The van der Waals surface area contributed by atoms with Gasteiger partial charge in [0.15, 0.2) is 5.65 Å². The van der Waals surface area contributed by atoms with Crippen LogP contribution < -0.4 is 16.2 Å². The van der Waals surface area contributed by atoms with Crippen LogP contribution in [0, 0.1) is 16.7 Å². The standard InChI is InChI=1S/C27H24ClN7O/c1-15(18-8-4-6-17(14-29)21(18)28)22-20-24(34-33-22)31-26(32-25(20)36)35-11-9-27(10-12-35)13-16-5-2-3-7-19(16)23(27)30/h2-8,23H,1,9-13,30H2,(H2,31,32,33,34,36)/t23-/m1/s1. The smallest absolute Gasteiger partial charge is 0.264 e. The van der Waals surface area contributed by atoms with Gasteiger partial charge in [-0.25, -0.2) is 0 Å². The molecule has 0 saturated carbocycles. The average molecular weight is 498 g/mol. The minimum absolute atomic E-state index is 0.0258. The van der Waals surface area contributed by atoms with Crippen LogP contribution in [-0.4, -0.2) is 33.3 Å². The van der Waals surface area contributed by atoms with E-state index < -0.39 is 0 Å². The van der Waals surface area contributed by atoms with Crippen LogP contribution in [0.3, 0.4) is 0 Å². The quantitative estimate of drug-likeness (QED) is 0.391. The summed E-state index contributed by atoms with van der Waals surface area (Å²) >= 11 is 6.39. The normalized spacial score (nSPS) is 18.4. The van der Waals surface area contributed by atoms with E-state index >= 15 is 0 Å². The number of H-pyrrole nitrogens is 2. The molecule has 0 radical (unpaired) electrons. The van der Waals surface area contributed by atoms with Crippen molar-refractivity contribution in [3.63, 3.8) is 0 Å². The number of hydrogen-bond acceptors (Lipinski definition) is 6. The number of halogens is 1. The lowest BCUT2D eigenvalue weighted by Crippen LogP contribution is -2.45. The average Bonchev–Trinajstić information content (AvgIpc) is 3.44. The van der Waals surface area contributed by atoms with Crippen LogP contribution in [0.5, 0.6) is 0 Å². The molecule has 1 aliphatic carbocycles. The van der Waals surface area contributed by atoms with E-state index in [1.54, 1.807) is 18.2 Å². The van der Waals surface area contributed by atoms with Crippen molar-refractivity contribution >= 4 is 34.2 Å². The highest BCUT2D eigenvalue weighted by atomic mass is 35.5. The van der Waals surface area contributed by atoms with Crippen LogP contribution in [0.2, 0.25) is 5.02 Å². The van der Waals surface area contributed by atoms with Gasteiger partial charge in [-0.05, 0) is 41.9 Å². The molecule has 1 atom stereocenters. The third-order valence-electron chi connectivity index (χ3n) is 7.80. The highest BCUT2D eigenvalue weighted by Gasteiger charge is 2.46. The summed E-state index contributed by atoms with van der Waals surface area (Å²) in [6.45, 7) is 5.59. The molecule has 0 bridgehead atoms. The number of nitriles is 1. The summed E-state index contributed by atoms with van der Waals surface area (Å²) in [7, 11) is 0. The van der Waals surface area contributed by atoms with Gasteiger partial charge in [-0.3, -0.25) is 14.9 Å². The minimum atomic E-state index is -0.308. The molecule has 4 N–H and O–H groups in total. The highest BCUT2D eigenvalue weighted by molar-refractivity contribution is 6.33. The Morgan fingerprint density at radius 2 is 2.00 bits per heavy atom. The molecule has 6 rings (SSSR count). The monoisotopic (exact) mass is 497 g/mol. The van der Waals surface area contributed by atoms with Gasteiger partial charge in [-0.1, -0.05) is 54.6 Å². The van der Waals surface area contributed by atoms with Gasteiger partial charge in [0.1, 0.15) is 17.1 Å². The van der Waals surface area contributed by atoms with Crippen molar-refractivity contribution in [2.45, 2.75) is 25.3 Å². The lowest BCUT2D eigenvalue weighted by molar-refractivity contribution is 0.187. The SMILES string of the molecule is C=C(c1cccc(C#N)c1Cl)c1n[nH]c2nc(N3CCC4(CC3)Cc3ccccc3[C@H]4N)[nH]c(=O)c12. The van der Waals surface area contributed by atoms with E-state index in [9.17, 15) is 10.1 Å². The molecular formula is C27H24ClN7O. The van der Waals surface area contributed by atoms with Crippen LogP contribution in [-0.2, 0) is 6.42 Å². The predicted molar refractivity (Wildman–Crippen MR) is 140 cm³/mol. The Kier molecular flexibility index (Phi) is 5.21. The van der Waals surface area contributed by atoms with E-state index in [0.717, 1.165) is 32.4 Å². The molecule has 36 heavy (non-hydrogen) atoms. The maximum Gasteiger partial charge on any atom is 0.264 e. The molecule has 2 aliphatic rings. The van der Waals surface area contributed by atoms with Crippen LogP contribution in [0.4, 0.5) is 5.95 Å². The summed E-state index contributed by atoms with van der Waals surface area (Å²) in [6.07, 6.45) is 2.83. The van der Waals surface area contributed by atoms with Crippen molar-refractivity contribution in [2.75, 3.05) is 18.0 Å². The number of aromatic nitrogens is 4.